The fraction of sp³-hybridized carbons (Fsp3) is 0.143. The van der Waals surface area contributed by atoms with E-state index in [9.17, 15) is 19.1 Å². The van der Waals surface area contributed by atoms with Gasteiger partial charge in [0.2, 0.25) is 5.13 Å². The van der Waals surface area contributed by atoms with Gasteiger partial charge in [0.05, 0.1) is 25.8 Å². The second-order valence-corrected chi connectivity index (χ2v) is 12.5. The van der Waals surface area contributed by atoms with E-state index in [2.05, 4.69) is 10.2 Å². The van der Waals surface area contributed by atoms with Gasteiger partial charge in [0.15, 0.2) is 27.4 Å². The predicted molar refractivity (Wildman–Crippen MR) is 177 cm³/mol. The van der Waals surface area contributed by atoms with Crippen molar-refractivity contribution in [1.82, 2.24) is 10.2 Å². The number of rotatable bonds is 11. The number of carbonyl (C=O) groups is 2. The monoisotopic (exact) mass is 669 g/mol. The standard InChI is InChI=1S/C35H28FN3O6S2/c1-43-26-15-14-24(17-25(26)36)31(40)29-30(23-13-16-27(28(18-23)44-2)45-19-21-9-5-3-6-10-21)39(33(42)32(29)41)34-37-38-35(47-34)46-20-22-11-7-4-8-12-22/h3-18,30,40H,19-20H2,1-2H3/t30-/m1/s1. The molecule has 4 aromatic carbocycles. The third-order valence-electron chi connectivity index (χ3n) is 7.42. The molecular weight excluding hydrogens is 642 g/mol. The maximum atomic E-state index is 14.7. The van der Waals surface area contributed by atoms with Crippen molar-refractivity contribution >= 4 is 45.7 Å². The number of halogens is 1. The highest BCUT2D eigenvalue weighted by Gasteiger charge is 2.48. The number of aliphatic hydroxyl groups is 1. The molecule has 6 rings (SSSR count). The molecule has 5 aromatic rings. The number of aromatic nitrogens is 2. The van der Waals surface area contributed by atoms with Crippen molar-refractivity contribution in [1.29, 1.82) is 0 Å². The zero-order chi connectivity index (χ0) is 32.9. The highest BCUT2D eigenvalue weighted by molar-refractivity contribution is 8.00. The van der Waals surface area contributed by atoms with Crippen LogP contribution < -0.4 is 19.1 Å². The highest BCUT2D eigenvalue weighted by atomic mass is 32.2. The Kier molecular flexibility index (Phi) is 9.50. The predicted octanol–water partition coefficient (Wildman–Crippen LogP) is 7.19. The minimum absolute atomic E-state index is 0.00236. The van der Waals surface area contributed by atoms with E-state index in [-0.39, 0.29) is 28.6 Å². The number of Topliss-reactive ketones (excluding diaryl/α,β-unsaturated/α-hetero) is 1. The number of aliphatic hydroxyl groups excluding tert-OH is 1. The molecular formula is C35H28FN3O6S2. The molecule has 0 bridgehead atoms. The average Bonchev–Trinajstić information content (AvgIpc) is 3.68. The summed E-state index contributed by atoms with van der Waals surface area (Å²) in [5.41, 5.74) is 2.22. The van der Waals surface area contributed by atoms with Crippen LogP contribution in [0.3, 0.4) is 0 Å². The van der Waals surface area contributed by atoms with E-state index in [1.54, 1.807) is 18.2 Å². The summed E-state index contributed by atoms with van der Waals surface area (Å²) in [5, 5.41) is 20.2. The Hall–Kier alpha value is -5.20. The van der Waals surface area contributed by atoms with Crippen LogP contribution in [0, 0.1) is 5.82 Å². The van der Waals surface area contributed by atoms with E-state index in [4.69, 9.17) is 14.2 Å². The largest absolute Gasteiger partial charge is 0.507 e. The maximum absolute atomic E-state index is 14.7. The highest BCUT2D eigenvalue weighted by Crippen LogP contribution is 2.46. The molecule has 1 aromatic heterocycles. The zero-order valence-corrected chi connectivity index (χ0v) is 26.9. The molecule has 238 valence electrons. The van der Waals surface area contributed by atoms with Crippen LogP contribution in [-0.2, 0) is 21.9 Å². The quantitative estimate of drug-likeness (QED) is 0.0514. The van der Waals surface area contributed by atoms with Crippen molar-refractivity contribution in [2.45, 2.75) is 22.7 Å². The van der Waals surface area contributed by atoms with Gasteiger partial charge in [-0.25, -0.2) is 4.39 Å². The normalized spacial score (nSPS) is 15.6. The van der Waals surface area contributed by atoms with Crippen LogP contribution in [0.5, 0.6) is 17.2 Å². The SMILES string of the molecule is COc1ccc(C(O)=C2C(=O)C(=O)N(c3nnc(SCc4ccccc4)s3)[C@@H]2c2ccc(OCc3ccccc3)c(OC)c2)cc1F. The first kappa shape index (κ1) is 31.8. The molecule has 1 N–H and O–H groups in total. The molecule has 0 saturated carbocycles. The van der Waals surface area contributed by atoms with Crippen LogP contribution in [0.4, 0.5) is 9.52 Å². The number of hydrogen-bond acceptors (Lipinski definition) is 10. The number of nitrogens with zero attached hydrogens (tertiary/aromatic N) is 3. The van der Waals surface area contributed by atoms with Gasteiger partial charge < -0.3 is 19.3 Å². The molecule has 0 unspecified atom stereocenters. The molecule has 2 heterocycles. The van der Waals surface area contributed by atoms with Gasteiger partial charge in [-0.15, -0.1) is 10.2 Å². The molecule has 0 radical (unpaired) electrons. The summed E-state index contributed by atoms with van der Waals surface area (Å²) >= 11 is 2.59. The first-order valence-electron chi connectivity index (χ1n) is 14.4. The molecule has 1 aliphatic heterocycles. The lowest BCUT2D eigenvalue weighted by atomic mass is 9.95. The molecule has 1 fully saturated rings. The van der Waals surface area contributed by atoms with Crippen molar-refractivity contribution < 1.29 is 33.3 Å². The lowest BCUT2D eigenvalue weighted by molar-refractivity contribution is -0.132. The fourth-order valence-corrected chi connectivity index (χ4v) is 6.92. The molecule has 47 heavy (non-hydrogen) atoms. The van der Waals surface area contributed by atoms with Gasteiger partial charge in [0.1, 0.15) is 12.4 Å². The smallest absolute Gasteiger partial charge is 0.301 e. The van der Waals surface area contributed by atoms with Crippen LogP contribution in [0.15, 0.2) is 107 Å². The molecule has 12 heteroatoms. The number of carbonyl (C=O) groups excluding carboxylic acids is 2. The molecule has 0 spiro atoms. The third-order valence-corrected chi connectivity index (χ3v) is 9.54. The van der Waals surface area contributed by atoms with E-state index < -0.39 is 29.3 Å². The lowest BCUT2D eigenvalue weighted by Crippen LogP contribution is -2.29. The topological polar surface area (TPSA) is 111 Å². The molecule has 0 aliphatic carbocycles. The Labute approximate surface area is 278 Å². The van der Waals surface area contributed by atoms with Gasteiger partial charge >= 0.3 is 5.91 Å². The van der Waals surface area contributed by atoms with Gasteiger partial charge in [-0.3, -0.25) is 14.5 Å². The van der Waals surface area contributed by atoms with Crippen LogP contribution in [-0.4, -0.2) is 41.2 Å². The summed E-state index contributed by atoms with van der Waals surface area (Å²) in [6, 6.07) is 27.1. The van der Waals surface area contributed by atoms with E-state index in [1.807, 2.05) is 60.7 Å². The van der Waals surface area contributed by atoms with Crippen LogP contribution in [0.1, 0.15) is 28.3 Å². The zero-order valence-electron chi connectivity index (χ0n) is 25.3. The van der Waals surface area contributed by atoms with Crippen LogP contribution in [0.25, 0.3) is 5.76 Å². The van der Waals surface area contributed by atoms with Gasteiger partial charge in [-0.05, 0) is 47.0 Å². The fourth-order valence-electron chi connectivity index (χ4n) is 5.10. The summed E-state index contributed by atoms with van der Waals surface area (Å²) < 4.78 is 32.0. The summed E-state index contributed by atoms with van der Waals surface area (Å²) in [4.78, 5) is 28.6. The number of thioether (sulfide) groups is 1. The second-order valence-electron chi connectivity index (χ2n) is 10.3. The summed E-state index contributed by atoms with van der Waals surface area (Å²) in [6.07, 6.45) is 0. The number of ketones is 1. The van der Waals surface area contributed by atoms with Crippen molar-refractivity contribution in [3.63, 3.8) is 0 Å². The van der Waals surface area contributed by atoms with Crippen LogP contribution in [0.2, 0.25) is 0 Å². The number of amides is 1. The van der Waals surface area contributed by atoms with Crippen molar-refractivity contribution in [2.75, 3.05) is 19.1 Å². The number of methoxy groups -OCH3 is 2. The van der Waals surface area contributed by atoms with Gasteiger partial charge in [0.25, 0.3) is 5.78 Å². The van der Waals surface area contributed by atoms with E-state index in [0.717, 1.165) is 28.5 Å². The number of anilines is 1. The minimum atomic E-state index is -1.14. The average molecular weight is 670 g/mol. The molecule has 1 atom stereocenters. The minimum Gasteiger partial charge on any atom is -0.507 e. The van der Waals surface area contributed by atoms with E-state index >= 15 is 0 Å². The van der Waals surface area contributed by atoms with Gasteiger partial charge in [0, 0.05) is 11.3 Å². The van der Waals surface area contributed by atoms with Crippen LogP contribution >= 0.6 is 23.1 Å². The summed E-state index contributed by atoms with van der Waals surface area (Å²) in [7, 11) is 2.80. The molecule has 1 aliphatic rings. The Morgan fingerprint density at radius 1 is 0.872 bits per heavy atom. The number of benzene rings is 4. The lowest BCUT2D eigenvalue weighted by Gasteiger charge is -2.23. The first-order chi connectivity index (χ1) is 22.9. The van der Waals surface area contributed by atoms with Gasteiger partial charge in [-0.2, -0.15) is 0 Å². The van der Waals surface area contributed by atoms with E-state index in [1.165, 1.54) is 43.0 Å². The van der Waals surface area contributed by atoms with Crippen molar-refractivity contribution in [3.8, 4) is 17.2 Å². The summed E-state index contributed by atoms with van der Waals surface area (Å²) in [6.45, 7) is 0.284. The number of hydrogen-bond donors (Lipinski definition) is 1. The third kappa shape index (κ3) is 6.69. The molecule has 1 saturated heterocycles. The Bertz CT molecular complexity index is 1950. The Morgan fingerprint density at radius 2 is 1.55 bits per heavy atom. The van der Waals surface area contributed by atoms with E-state index in [0.29, 0.717) is 27.2 Å². The van der Waals surface area contributed by atoms with Crippen molar-refractivity contribution in [2.24, 2.45) is 0 Å². The summed E-state index contributed by atoms with van der Waals surface area (Å²) in [5.74, 6) is -1.80. The molecule has 9 nitrogen and oxygen atoms in total. The second kappa shape index (κ2) is 14.1. The number of ether oxygens (including phenoxy) is 3. The first-order valence-corrected chi connectivity index (χ1v) is 16.2. The maximum Gasteiger partial charge on any atom is 0.301 e. The van der Waals surface area contributed by atoms with Crippen molar-refractivity contribution in [3.05, 3.63) is 131 Å². The Balaban J connectivity index is 1.40. The molecule has 1 amide bonds. The Morgan fingerprint density at radius 3 is 2.23 bits per heavy atom. The van der Waals surface area contributed by atoms with Gasteiger partial charge in [-0.1, -0.05) is 89.8 Å².